The van der Waals surface area contributed by atoms with E-state index in [1.165, 1.54) is 24.4 Å². The molecule has 28 heavy (non-hydrogen) atoms. The molecule has 7 nitrogen and oxygen atoms in total. The van der Waals surface area contributed by atoms with E-state index in [4.69, 9.17) is 8.22 Å². The highest BCUT2D eigenvalue weighted by atomic mass is 19.3. The molecular weight excluding hydrogens is 373 g/mol. The van der Waals surface area contributed by atoms with Crippen LogP contribution in [-0.2, 0) is 0 Å². The van der Waals surface area contributed by atoms with Gasteiger partial charge in [0, 0.05) is 39.4 Å². The van der Waals surface area contributed by atoms with E-state index in [-0.39, 0.29) is 33.0 Å². The monoisotopic (exact) mass is 396 g/mol. The van der Waals surface area contributed by atoms with Gasteiger partial charge in [0.25, 0.3) is 5.92 Å². The van der Waals surface area contributed by atoms with Crippen LogP contribution >= 0.6 is 0 Å². The van der Waals surface area contributed by atoms with Crippen LogP contribution in [0.25, 0.3) is 16.7 Å². The zero-order chi connectivity index (χ0) is 25.1. The van der Waals surface area contributed by atoms with Gasteiger partial charge in [-0.25, -0.2) is 27.6 Å². The third kappa shape index (κ3) is 3.32. The maximum Gasteiger partial charge on any atom is 0.322 e. The quantitative estimate of drug-likeness (QED) is 0.739. The molecule has 3 aromatic rings. The van der Waals surface area contributed by atoms with Gasteiger partial charge >= 0.3 is 6.03 Å². The van der Waals surface area contributed by atoms with Crippen molar-refractivity contribution in [2.24, 2.45) is 0 Å². The number of rotatable bonds is 3. The number of likely N-dealkylation sites (tertiary alicyclic amines) is 1. The fourth-order valence-electron chi connectivity index (χ4n) is 2.77. The maximum atomic E-state index is 14.5. The first kappa shape index (κ1) is 12.2. The molecule has 2 aromatic heterocycles. The van der Waals surface area contributed by atoms with E-state index in [9.17, 15) is 18.0 Å². The molecule has 1 N–H and O–H groups in total. The molecule has 2 amide bonds. The molecule has 3 heterocycles. The van der Waals surface area contributed by atoms with Crippen molar-refractivity contribution in [2.75, 3.05) is 37.3 Å². The minimum Gasteiger partial charge on any atom is -0.376 e. The average molecular weight is 396 g/mol. The standard InChI is InChI=1S/C18H17F3N6O/c1-25(2)13-5-11-8-27(24-16(11)22-7-13)15-6-12(3-4-14(15)19)23-17(28)26-9-18(20,21)10-26/h3-8H,9-10H2,1-2H3,(H,23,28)/i1D3,2D3. The smallest absolute Gasteiger partial charge is 0.322 e. The van der Waals surface area contributed by atoms with Crippen LogP contribution in [-0.4, -0.2) is 58.7 Å². The average Bonchev–Trinajstić information content (AvgIpc) is 3.08. The van der Waals surface area contributed by atoms with E-state index in [0.717, 1.165) is 21.8 Å². The molecule has 1 fully saturated rings. The van der Waals surface area contributed by atoms with Gasteiger partial charge in [-0.2, -0.15) is 0 Å². The van der Waals surface area contributed by atoms with E-state index < -0.39 is 44.8 Å². The third-order valence-corrected chi connectivity index (χ3v) is 4.18. The summed E-state index contributed by atoms with van der Waals surface area (Å²) in [6.45, 7) is -7.38. The van der Waals surface area contributed by atoms with Crippen LogP contribution in [0.4, 0.5) is 29.3 Å². The van der Waals surface area contributed by atoms with Crippen LogP contribution in [0.3, 0.4) is 0 Å². The fourth-order valence-corrected chi connectivity index (χ4v) is 2.77. The number of halogens is 3. The lowest BCUT2D eigenvalue weighted by molar-refractivity contribution is -0.107. The van der Waals surface area contributed by atoms with Gasteiger partial charge < -0.3 is 15.1 Å². The molecule has 0 aliphatic carbocycles. The molecule has 0 saturated carbocycles. The summed E-state index contributed by atoms with van der Waals surface area (Å²) in [6, 6.07) is 4.01. The molecule has 0 atom stereocenters. The van der Waals surface area contributed by atoms with E-state index in [0.29, 0.717) is 0 Å². The minimum absolute atomic E-state index is 0.0800. The zero-order valence-corrected chi connectivity index (χ0v) is 14.2. The number of fused-ring (bicyclic) bond motifs is 1. The maximum absolute atomic E-state index is 14.5. The molecular formula is C18H17F3N6O. The first-order chi connectivity index (χ1) is 15.6. The number of nitrogens with one attached hydrogen (secondary N) is 1. The van der Waals surface area contributed by atoms with Crippen LogP contribution in [0, 0.1) is 5.82 Å². The lowest BCUT2D eigenvalue weighted by Gasteiger charge is -2.38. The van der Waals surface area contributed by atoms with Crippen LogP contribution in [0.5, 0.6) is 0 Å². The number of hydrogen-bond donors (Lipinski definition) is 1. The summed E-state index contributed by atoms with van der Waals surface area (Å²) in [5.74, 6) is -3.66. The van der Waals surface area contributed by atoms with Crippen molar-refractivity contribution in [3.8, 4) is 5.69 Å². The van der Waals surface area contributed by atoms with Crippen LogP contribution in [0.15, 0.2) is 36.7 Å². The summed E-state index contributed by atoms with van der Waals surface area (Å²) in [5.41, 5.74) is -0.119. The Morgan fingerprint density at radius 3 is 2.82 bits per heavy atom. The zero-order valence-electron chi connectivity index (χ0n) is 20.2. The second kappa shape index (κ2) is 6.39. The van der Waals surface area contributed by atoms with Crippen molar-refractivity contribution < 1.29 is 26.2 Å². The van der Waals surface area contributed by atoms with Crippen molar-refractivity contribution in [1.29, 1.82) is 0 Å². The molecule has 1 aliphatic rings. The van der Waals surface area contributed by atoms with E-state index in [1.54, 1.807) is 0 Å². The van der Waals surface area contributed by atoms with Gasteiger partial charge in [-0.05, 0) is 24.3 Å². The molecule has 4 rings (SSSR count). The normalized spacial score (nSPS) is 19.5. The Bertz CT molecular complexity index is 1240. The summed E-state index contributed by atoms with van der Waals surface area (Å²) >= 11 is 0. The van der Waals surface area contributed by atoms with E-state index >= 15 is 0 Å². The molecule has 10 heteroatoms. The summed E-state index contributed by atoms with van der Waals surface area (Å²) in [4.78, 5) is 17.2. The molecule has 0 radical (unpaired) electrons. The fraction of sp³-hybridized carbons (Fsp3) is 0.278. The van der Waals surface area contributed by atoms with Crippen molar-refractivity contribution in [2.45, 2.75) is 5.92 Å². The van der Waals surface area contributed by atoms with Crippen molar-refractivity contribution >= 4 is 28.4 Å². The molecule has 1 aliphatic heterocycles. The number of carbonyl (C=O) groups excluding carboxylic acids is 1. The highest BCUT2D eigenvalue weighted by Crippen LogP contribution is 2.28. The highest BCUT2D eigenvalue weighted by Gasteiger charge is 2.46. The Kier molecular flexibility index (Phi) is 2.79. The first-order valence-corrected chi connectivity index (χ1v) is 8.04. The first-order valence-electron chi connectivity index (χ1n) is 11.0. The van der Waals surface area contributed by atoms with Crippen molar-refractivity contribution in [1.82, 2.24) is 19.7 Å². The van der Waals surface area contributed by atoms with Gasteiger partial charge in [-0.3, -0.25) is 0 Å². The van der Waals surface area contributed by atoms with Crippen molar-refractivity contribution in [3.63, 3.8) is 0 Å². The lowest BCUT2D eigenvalue weighted by atomic mass is 10.1. The largest absolute Gasteiger partial charge is 0.376 e. The summed E-state index contributed by atoms with van der Waals surface area (Å²) in [5, 5.41) is 6.75. The number of pyridine rings is 1. The number of benzene rings is 1. The van der Waals surface area contributed by atoms with Crippen molar-refractivity contribution in [3.05, 3.63) is 42.5 Å². The number of anilines is 2. The van der Waals surface area contributed by atoms with Gasteiger partial charge in [0.1, 0.15) is 11.5 Å². The van der Waals surface area contributed by atoms with Gasteiger partial charge in [0.2, 0.25) is 0 Å². The lowest BCUT2D eigenvalue weighted by Crippen LogP contribution is -2.59. The van der Waals surface area contributed by atoms with Gasteiger partial charge in [-0.15, -0.1) is 5.10 Å². The Labute approximate surface area is 166 Å². The minimum atomic E-state index is -2.98. The second-order valence-corrected chi connectivity index (χ2v) is 6.32. The SMILES string of the molecule is [2H]C([2H])([2H])N(c1cnc2nn(-c3cc(NC(=O)N4CC(F)(F)C4)ccc3F)cc2c1)C([2H])([2H])[2H]. The van der Waals surface area contributed by atoms with Crippen LogP contribution < -0.4 is 10.2 Å². The highest BCUT2D eigenvalue weighted by molar-refractivity contribution is 5.90. The van der Waals surface area contributed by atoms with Gasteiger partial charge in [0.05, 0.1) is 25.0 Å². The Balaban J connectivity index is 1.64. The van der Waals surface area contributed by atoms with Gasteiger partial charge in [-0.1, -0.05) is 0 Å². The predicted octanol–water partition coefficient (Wildman–Crippen LogP) is 3.11. The summed E-state index contributed by atoms with van der Waals surface area (Å²) in [6.07, 6.45) is 2.34. The van der Waals surface area contributed by atoms with Crippen LogP contribution in [0.2, 0.25) is 0 Å². The summed E-state index contributed by atoms with van der Waals surface area (Å²) < 4.78 is 86.7. The summed E-state index contributed by atoms with van der Waals surface area (Å²) in [7, 11) is 0. The van der Waals surface area contributed by atoms with E-state index in [1.807, 2.05) is 0 Å². The molecule has 0 bridgehead atoms. The third-order valence-electron chi connectivity index (χ3n) is 4.18. The second-order valence-electron chi connectivity index (χ2n) is 6.32. The Morgan fingerprint density at radius 2 is 2.11 bits per heavy atom. The molecule has 1 saturated heterocycles. The van der Waals surface area contributed by atoms with E-state index in [2.05, 4.69) is 15.4 Å². The number of amides is 2. The molecule has 1 aromatic carbocycles. The van der Waals surface area contributed by atoms with Gasteiger partial charge in [0.15, 0.2) is 5.65 Å². The Hall–Kier alpha value is -3.30. The molecule has 146 valence electrons. The number of urea groups is 1. The number of nitrogens with zero attached hydrogens (tertiary/aromatic N) is 5. The number of aromatic nitrogens is 3. The van der Waals surface area contributed by atoms with Crippen LogP contribution in [0.1, 0.15) is 8.22 Å². The number of alkyl halides is 2. The Morgan fingerprint density at radius 1 is 1.32 bits per heavy atom. The number of carbonyl (C=O) groups is 1. The molecule has 0 spiro atoms. The topological polar surface area (TPSA) is 66.3 Å². The molecule has 0 unspecified atom stereocenters. The predicted molar refractivity (Wildman–Crippen MR) is 98.7 cm³/mol. The number of hydrogen-bond acceptors (Lipinski definition) is 4.